The highest BCUT2D eigenvalue weighted by Gasteiger charge is 2.21. The minimum Gasteiger partial charge on any atom is -0.490 e. The molecule has 0 unspecified atom stereocenters. The summed E-state index contributed by atoms with van der Waals surface area (Å²) in [4.78, 5) is 2.09. The van der Waals surface area contributed by atoms with Crippen LogP contribution in [-0.4, -0.2) is 31.1 Å². The quantitative estimate of drug-likeness (QED) is 0.806. The summed E-state index contributed by atoms with van der Waals surface area (Å²) in [5.74, 6) is 0.624. The molecule has 0 fully saturated rings. The highest BCUT2D eigenvalue weighted by Crippen LogP contribution is 2.23. The molecule has 0 aromatic heterocycles. The first kappa shape index (κ1) is 13.3. The molecule has 4 nitrogen and oxygen atoms in total. The second kappa shape index (κ2) is 5.07. The van der Waals surface area contributed by atoms with Crippen LogP contribution in [0.5, 0.6) is 5.75 Å². The summed E-state index contributed by atoms with van der Waals surface area (Å²) in [6, 6.07) is 7.10. The monoisotopic (exact) mass is 233 g/mol. The summed E-state index contributed by atoms with van der Waals surface area (Å²) in [7, 11) is 4.01. The van der Waals surface area contributed by atoms with Gasteiger partial charge in [-0.3, -0.25) is 0 Å². The predicted octanol–water partition coefficient (Wildman–Crippen LogP) is 1.86. The maximum atomic E-state index is 8.73. The fourth-order valence-electron chi connectivity index (χ4n) is 1.13. The number of nitrogen functional groups attached to an aromatic ring is 1. The molecule has 0 aliphatic carbocycles. The Labute approximate surface area is 103 Å². The number of nitrogens with zero attached hydrogens (tertiary/aromatic N) is 2. The number of hydrogen-bond acceptors (Lipinski definition) is 4. The molecule has 0 aliphatic rings. The van der Waals surface area contributed by atoms with Crippen molar-refractivity contribution >= 4 is 5.69 Å². The van der Waals surface area contributed by atoms with E-state index >= 15 is 0 Å². The lowest BCUT2D eigenvalue weighted by atomic mass is 10.1. The number of nitrogens with two attached hydrogens (primary N) is 1. The van der Waals surface area contributed by atoms with Gasteiger partial charge in [0, 0.05) is 5.54 Å². The van der Waals surface area contributed by atoms with Gasteiger partial charge in [0.15, 0.2) is 0 Å². The average Bonchev–Trinajstić information content (AvgIpc) is 2.27. The van der Waals surface area contributed by atoms with Gasteiger partial charge in [-0.05, 0) is 46.1 Å². The Kier molecular flexibility index (Phi) is 3.97. The first-order valence-corrected chi connectivity index (χ1v) is 5.46. The third kappa shape index (κ3) is 3.36. The minimum absolute atomic E-state index is 0.0691. The van der Waals surface area contributed by atoms with Gasteiger partial charge in [-0.15, -0.1) is 0 Å². The Bertz CT molecular complexity index is 433. The van der Waals surface area contributed by atoms with E-state index in [1.165, 1.54) is 0 Å². The van der Waals surface area contributed by atoms with Crippen LogP contribution in [0.3, 0.4) is 0 Å². The molecule has 0 saturated heterocycles. The summed E-state index contributed by atoms with van der Waals surface area (Å²) >= 11 is 0. The van der Waals surface area contributed by atoms with Crippen molar-refractivity contribution in [2.24, 2.45) is 0 Å². The summed E-state index contributed by atoms with van der Waals surface area (Å²) in [5.41, 5.74) is 6.79. The topological polar surface area (TPSA) is 62.3 Å². The van der Waals surface area contributed by atoms with Gasteiger partial charge in [-0.25, -0.2) is 0 Å². The lowest BCUT2D eigenvalue weighted by Crippen LogP contribution is -2.43. The van der Waals surface area contributed by atoms with E-state index < -0.39 is 0 Å². The molecule has 0 amide bonds. The highest BCUT2D eigenvalue weighted by molar-refractivity contribution is 5.56. The molecule has 4 heteroatoms. The maximum Gasteiger partial charge on any atom is 0.142 e. The van der Waals surface area contributed by atoms with Crippen LogP contribution in [0, 0.1) is 11.3 Å². The molecule has 2 N–H and O–H groups in total. The van der Waals surface area contributed by atoms with E-state index in [2.05, 4.69) is 18.7 Å². The van der Waals surface area contributed by atoms with Gasteiger partial charge in [-0.2, -0.15) is 5.26 Å². The number of benzene rings is 1. The van der Waals surface area contributed by atoms with Gasteiger partial charge in [0.1, 0.15) is 12.4 Å². The van der Waals surface area contributed by atoms with Crippen molar-refractivity contribution < 1.29 is 4.74 Å². The second-order valence-electron chi connectivity index (χ2n) is 4.86. The van der Waals surface area contributed by atoms with E-state index in [9.17, 15) is 0 Å². The van der Waals surface area contributed by atoms with Gasteiger partial charge in [0.25, 0.3) is 0 Å². The smallest absolute Gasteiger partial charge is 0.142 e. The normalized spacial score (nSPS) is 11.3. The third-order valence-electron chi connectivity index (χ3n) is 2.93. The van der Waals surface area contributed by atoms with Crippen LogP contribution >= 0.6 is 0 Å². The van der Waals surface area contributed by atoms with E-state index in [1.54, 1.807) is 18.2 Å². The fraction of sp³-hybridized carbons (Fsp3) is 0.462. The zero-order valence-corrected chi connectivity index (χ0v) is 10.8. The zero-order valence-electron chi connectivity index (χ0n) is 10.8. The molecule has 1 aromatic carbocycles. The minimum atomic E-state index is -0.0691. The first-order chi connectivity index (χ1) is 7.86. The molecular formula is C13H19N3O. The van der Waals surface area contributed by atoms with E-state index in [-0.39, 0.29) is 5.54 Å². The van der Waals surface area contributed by atoms with E-state index in [0.29, 0.717) is 23.6 Å². The summed E-state index contributed by atoms with van der Waals surface area (Å²) in [6.45, 7) is 4.72. The molecule has 0 radical (unpaired) electrons. The van der Waals surface area contributed by atoms with Gasteiger partial charge in [-0.1, -0.05) is 0 Å². The van der Waals surface area contributed by atoms with E-state index in [4.69, 9.17) is 15.7 Å². The molecule has 0 bridgehead atoms. The Balaban J connectivity index is 2.74. The molecular weight excluding hydrogens is 214 g/mol. The molecule has 92 valence electrons. The molecule has 17 heavy (non-hydrogen) atoms. The van der Waals surface area contributed by atoms with Crippen molar-refractivity contribution in [1.82, 2.24) is 4.90 Å². The van der Waals surface area contributed by atoms with Crippen LogP contribution in [0.25, 0.3) is 0 Å². The molecule has 1 aromatic rings. The zero-order chi connectivity index (χ0) is 13.1. The highest BCUT2D eigenvalue weighted by atomic mass is 16.5. The van der Waals surface area contributed by atoms with Gasteiger partial charge in [0.2, 0.25) is 0 Å². The number of anilines is 1. The third-order valence-corrected chi connectivity index (χ3v) is 2.93. The summed E-state index contributed by atoms with van der Waals surface area (Å²) in [6.07, 6.45) is 0. The van der Waals surface area contributed by atoms with Crippen LogP contribution in [0.2, 0.25) is 0 Å². The van der Waals surface area contributed by atoms with Crippen molar-refractivity contribution in [3.8, 4) is 11.8 Å². The Morgan fingerprint density at radius 1 is 1.41 bits per heavy atom. The average molecular weight is 233 g/mol. The molecule has 0 aliphatic heterocycles. The Hall–Kier alpha value is -1.73. The lowest BCUT2D eigenvalue weighted by molar-refractivity contribution is 0.114. The standard InChI is InChI=1S/C13H19N3O/c1-13(2,16(3)4)9-17-12-6-5-10(8-14)7-11(12)15/h5-7H,9,15H2,1-4H3. The predicted molar refractivity (Wildman–Crippen MR) is 68.8 cm³/mol. The summed E-state index contributed by atoms with van der Waals surface area (Å²) in [5, 5.41) is 8.73. The van der Waals surface area contributed by atoms with Crippen LogP contribution in [-0.2, 0) is 0 Å². The SMILES string of the molecule is CN(C)C(C)(C)COc1ccc(C#N)cc1N. The van der Waals surface area contributed by atoms with Crippen molar-refractivity contribution in [1.29, 1.82) is 5.26 Å². The van der Waals surface area contributed by atoms with Crippen molar-refractivity contribution in [3.63, 3.8) is 0 Å². The number of nitriles is 1. The first-order valence-electron chi connectivity index (χ1n) is 5.46. The van der Waals surface area contributed by atoms with E-state index in [1.807, 2.05) is 20.2 Å². The van der Waals surface area contributed by atoms with Crippen molar-refractivity contribution in [3.05, 3.63) is 23.8 Å². The van der Waals surface area contributed by atoms with Gasteiger partial charge >= 0.3 is 0 Å². The number of ether oxygens (including phenoxy) is 1. The van der Waals surface area contributed by atoms with Crippen LogP contribution in [0.15, 0.2) is 18.2 Å². The van der Waals surface area contributed by atoms with Gasteiger partial charge in [0.05, 0.1) is 17.3 Å². The van der Waals surface area contributed by atoms with Crippen molar-refractivity contribution in [2.45, 2.75) is 19.4 Å². The molecule has 0 heterocycles. The maximum absolute atomic E-state index is 8.73. The molecule has 1 rings (SSSR count). The number of hydrogen-bond donors (Lipinski definition) is 1. The second-order valence-corrected chi connectivity index (χ2v) is 4.86. The van der Waals surface area contributed by atoms with Crippen LogP contribution < -0.4 is 10.5 Å². The van der Waals surface area contributed by atoms with Crippen LogP contribution in [0.1, 0.15) is 19.4 Å². The molecule has 0 spiro atoms. The molecule has 0 saturated carbocycles. The van der Waals surface area contributed by atoms with E-state index in [0.717, 1.165) is 0 Å². The van der Waals surface area contributed by atoms with Gasteiger partial charge < -0.3 is 15.4 Å². The number of likely N-dealkylation sites (N-methyl/N-ethyl adjacent to an activating group) is 1. The summed E-state index contributed by atoms with van der Waals surface area (Å²) < 4.78 is 5.69. The molecule has 0 atom stereocenters. The van der Waals surface area contributed by atoms with Crippen molar-refractivity contribution in [2.75, 3.05) is 26.4 Å². The Morgan fingerprint density at radius 3 is 2.53 bits per heavy atom. The fourth-order valence-corrected chi connectivity index (χ4v) is 1.13. The number of rotatable bonds is 4. The Morgan fingerprint density at radius 2 is 2.06 bits per heavy atom. The largest absolute Gasteiger partial charge is 0.490 e. The van der Waals surface area contributed by atoms with Crippen LogP contribution in [0.4, 0.5) is 5.69 Å². The lowest BCUT2D eigenvalue weighted by Gasteiger charge is -2.32.